The molecule has 0 radical (unpaired) electrons. The summed E-state index contributed by atoms with van der Waals surface area (Å²) in [7, 11) is 0. The van der Waals surface area contributed by atoms with Crippen LogP contribution in [0.2, 0.25) is 0 Å². The molecule has 0 spiro atoms. The van der Waals surface area contributed by atoms with E-state index >= 15 is 0 Å². The quantitative estimate of drug-likeness (QED) is 0.107. The molecule has 0 heterocycles. The Morgan fingerprint density at radius 3 is 0.740 bits per heavy atom. The molecule has 4 saturated carbocycles. The summed E-state index contributed by atoms with van der Waals surface area (Å²) in [4.78, 5) is 0. The second-order valence-electron chi connectivity index (χ2n) is 25.0. The van der Waals surface area contributed by atoms with Gasteiger partial charge in [-0.25, -0.2) is 0 Å². The molecular formula is C73H92. The zero-order valence-corrected chi connectivity index (χ0v) is 47.4. The number of benzene rings is 6. The third-order valence-electron chi connectivity index (χ3n) is 19.8. The number of rotatable bonds is 12. The fraction of sp³-hybridized carbons (Fsp3) is 0.507. The first kappa shape index (κ1) is 51.8. The lowest BCUT2D eigenvalue weighted by molar-refractivity contribution is 0.441. The SMILES string of the molecule is Cc1cc(C)c(C(c2cc(Cc3ccc(C)c(C(c4cc(C5CCCCC5)c(C)cc4C)c4cc(C5CCCCC5)c(C)cc4C)c3)ccc2C)c2cc(C3CCCCC3)c(C)cc2C)cc1C1CCCCC1. The number of hydrogen-bond acceptors (Lipinski definition) is 0. The molecule has 73 heavy (non-hydrogen) atoms. The highest BCUT2D eigenvalue weighted by Crippen LogP contribution is 2.47. The summed E-state index contributed by atoms with van der Waals surface area (Å²) in [5.41, 5.74) is 32.9. The fourth-order valence-corrected chi connectivity index (χ4v) is 15.7. The molecule has 0 heteroatoms. The fourth-order valence-electron chi connectivity index (χ4n) is 15.7. The van der Waals surface area contributed by atoms with E-state index in [2.05, 4.69) is 154 Å². The molecule has 0 nitrogen and oxygen atoms in total. The van der Waals surface area contributed by atoms with Crippen molar-refractivity contribution in [3.8, 4) is 0 Å². The maximum Gasteiger partial charge on any atom is 0.0348 e. The van der Waals surface area contributed by atoms with Crippen LogP contribution < -0.4 is 0 Å². The van der Waals surface area contributed by atoms with Gasteiger partial charge in [0.1, 0.15) is 0 Å². The van der Waals surface area contributed by atoms with Crippen molar-refractivity contribution in [1.29, 1.82) is 0 Å². The van der Waals surface area contributed by atoms with Gasteiger partial charge in [0.15, 0.2) is 0 Å². The van der Waals surface area contributed by atoms with E-state index in [9.17, 15) is 0 Å². The van der Waals surface area contributed by atoms with Crippen LogP contribution in [0.15, 0.2) is 84.9 Å². The Hall–Kier alpha value is -4.68. The summed E-state index contributed by atoms with van der Waals surface area (Å²) in [6.07, 6.45) is 28.0. The summed E-state index contributed by atoms with van der Waals surface area (Å²) in [6.45, 7) is 24.0. The normalized spacial score (nSPS) is 17.8. The van der Waals surface area contributed by atoms with Gasteiger partial charge < -0.3 is 0 Å². The lowest BCUT2D eigenvalue weighted by atomic mass is 9.73. The first-order valence-electron chi connectivity index (χ1n) is 30.0. The number of aryl methyl sites for hydroxylation is 10. The molecule has 0 atom stereocenters. The van der Waals surface area contributed by atoms with Crippen LogP contribution in [-0.2, 0) is 6.42 Å². The van der Waals surface area contributed by atoms with Gasteiger partial charge in [-0.15, -0.1) is 0 Å². The van der Waals surface area contributed by atoms with Gasteiger partial charge in [-0.1, -0.05) is 162 Å². The minimum absolute atomic E-state index is 0.175. The monoisotopic (exact) mass is 969 g/mol. The summed E-state index contributed by atoms with van der Waals surface area (Å²) in [5.74, 6) is 3.03. The van der Waals surface area contributed by atoms with Crippen molar-refractivity contribution in [2.24, 2.45) is 0 Å². The van der Waals surface area contributed by atoms with E-state index in [4.69, 9.17) is 0 Å². The molecule has 4 aliphatic rings. The van der Waals surface area contributed by atoms with Crippen molar-refractivity contribution in [3.63, 3.8) is 0 Å². The van der Waals surface area contributed by atoms with Gasteiger partial charge in [0.2, 0.25) is 0 Å². The molecule has 384 valence electrons. The molecule has 0 N–H and O–H groups in total. The van der Waals surface area contributed by atoms with Gasteiger partial charge in [-0.2, -0.15) is 0 Å². The van der Waals surface area contributed by atoms with Crippen molar-refractivity contribution >= 4 is 0 Å². The van der Waals surface area contributed by atoms with Gasteiger partial charge in [0.05, 0.1) is 0 Å². The summed E-state index contributed by atoms with van der Waals surface area (Å²) >= 11 is 0. The van der Waals surface area contributed by atoms with Crippen LogP contribution in [0.4, 0.5) is 0 Å². The van der Waals surface area contributed by atoms with Crippen molar-refractivity contribution in [1.82, 2.24) is 0 Å². The highest BCUT2D eigenvalue weighted by atomic mass is 14.3. The molecule has 0 aliphatic heterocycles. The van der Waals surface area contributed by atoms with E-state index in [-0.39, 0.29) is 11.8 Å². The van der Waals surface area contributed by atoms with Crippen molar-refractivity contribution in [3.05, 3.63) is 207 Å². The highest BCUT2D eigenvalue weighted by molar-refractivity contribution is 5.58. The summed E-state index contributed by atoms with van der Waals surface area (Å²) in [6, 6.07) is 36.2. The van der Waals surface area contributed by atoms with Gasteiger partial charge >= 0.3 is 0 Å². The topological polar surface area (TPSA) is 0 Å². The van der Waals surface area contributed by atoms with Gasteiger partial charge in [0.25, 0.3) is 0 Å². The Morgan fingerprint density at radius 1 is 0.260 bits per heavy atom. The smallest absolute Gasteiger partial charge is 0.0348 e. The van der Waals surface area contributed by atoms with Crippen molar-refractivity contribution in [2.45, 2.75) is 240 Å². The first-order valence-corrected chi connectivity index (χ1v) is 30.0. The Balaban J connectivity index is 1.10. The summed E-state index contributed by atoms with van der Waals surface area (Å²) < 4.78 is 0. The maximum atomic E-state index is 2.71. The van der Waals surface area contributed by atoms with Crippen LogP contribution in [0.5, 0.6) is 0 Å². The average Bonchev–Trinajstić information content (AvgIpc) is 3.39. The van der Waals surface area contributed by atoms with Crippen LogP contribution in [0.1, 0.15) is 286 Å². The molecular weight excluding hydrogens is 877 g/mol. The molecule has 10 rings (SSSR count). The molecule has 0 unspecified atom stereocenters. The Kier molecular flexibility index (Phi) is 16.1. The highest BCUT2D eigenvalue weighted by Gasteiger charge is 2.31. The second kappa shape index (κ2) is 22.7. The first-order chi connectivity index (χ1) is 35.3. The van der Waals surface area contributed by atoms with E-state index in [0.717, 1.165) is 6.42 Å². The van der Waals surface area contributed by atoms with Gasteiger partial charge in [-0.3, -0.25) is 0 Å². The minimum Gasteiger partial charge on any atom is -0.0587 e. The number of hydrogen-bond donors (Lipinski definition) is 0. The standard InChI is InChI=1S/C73H92/c1-46-31-33-56(40-66(46)72(68-42-62(48(3)35-52(68)7)58-23-15-11-16-24-58)69-43-63(49(4)36-53(69)8)59-25-17-12-18-26-59)39-57-34-32-47(2)67(41-57)73(70-44-64(50(5)37-54(70)9)60-27-19-13-20-28-60)71-45-65(51(6)38-55(71)10)61-29-21-14-22-30-61/h31-38,40-45,58-61,72-73H,11-30,39H2,1-10H3. The van der Waals surface area contributed by atoms with Crippen molar-refractivity contribution in [2.75, 3.05) is 0 Å². The zero-order chi connectivity index (χ0) is 50.9. The maximum absolute atomic E-state index is 2.71. The molecule has 4 fully saturated rings. The molecule has 6 aromatic rings. The molecule has 0 aromatic heterocycles. The minimum atomic E-state index is 0.175. The van der Waals surface area contributed by atoms with E-state index in [1.165, 1.54) is 229 Å². The Bertz CT molecular complexity index is 2560. The van der Waals surface area contributed by atoms with Gasteiger partial charge in [-0.05, 0) is 273 Å². The predicted molar refractivity (Wildman–Crippen MR) is 314 cm³/mol. The zero-order valence-electron chi connectivity index (χ0n) is 47.4. The third kappa shape index (κ3) is 11.0. The lowest BCUT2D eigenvalue weighted by Gasteiger charge is -2.31. The van der Waals surface area contributed by atoms with E-state index in [0.29, 0.717) is 23.7 Å². The average molecular weight is 970 g/mol. The molecule has 0 amide bonds. The van der Waals surface area contributed by atoms with E-state index < -0.39 is 0 Å². The van der Waals surface area contributed by atoms with Crippen LogP contribution in [0, 0.1) is 69.2 Å². The Morgan fingerprint density at radius 2 is 0.493 bits per heavy atom. The second-order valence-corrected chi connectivity index (χ2v) is 25.0. The van der Waals surface area contributed by atoms with E-state index in [1.54, 1.807) is 22.3 Å². The predicted octanol–water partition coefficient (Wildman–Crippen LogP) is 20.9. The van der Waals surface area contributed by atoms with Crippen molar-refractivity contribution < 1.29 is 0 Å². The third-order valence-corrected chi connectivity index (χ3v) is 19.8. The van der Waals surface area contributed by atoms with Crippen LogP contribution in [-0.4, -0.2) is 0 Å². The molecule has 4 aliphatic carbocycles. The Labute approximate surface area is 444 Å². The summed E-state index contributed by atoms with van der Waals surface area (Å²) in [5, 5.41) is 0. The molecule has 6 aromatic carbocycles. The lowest BCUT2D eigenvalue weighted by Crippen LogP contribution is -2.15. The molecule has 0 bridgehead atoms. The van der Waals surface area contributed by atoms with E-state index in [1.807, 2.05) is 0 Å². The van der Waals surface area contributed by atoms with Gasteiger partial charge in [0, 0.05) is 11.8 Å². The van der Waals surface area contributed by atoms with Crippen LogP contribution in [0.3, 0.4) is 0 Å². The largest absolute Gasteiger partial charge is 0.0587 e. The van der Waals surface area contributed by atoms with Crippen LogP contribution in [0.25, 0.3) is 0 Å². The molecule has 0 saturated heterocycles. The van der Waals surface area contributed by atoms with Crippen LogP contribution >= 0.6 is 0 Å².